The molecule has 2 aromatic carbocycles. The van der Waals surface area contributed by atoms with E-state index < -0.39 is 11.9 Å². The fraction of sp³-hybridized carbons (Fsp3) is 0. The molecule has 0 saturated carbocycles. The predicted octanol–water partition coefficient (Wildman–Crippen LogP) is 3.76. The fourth-order valence-electron chi connectivity index (χ4n) is 1.71. The van der Waals surface area contributed by atoms with Crippen molar-refractivity contribution in [1.82, 2.24) is 0 Å². The molecule has 108 valence electrons. The van der Waals surface area contributed by atoms with Gasteiger partial charge >= 0.3 is 5.97 Å². The third-order valence-corrected chi connectivity index (χ3v) is 3.58. The lowest BCUT2D eigenvalue weighted by atomic mass is 10.1. The first kappa shape index (κ1) is 15.3. The molecule has 3 N–H and O–H groups in total. The van der Waals surface area contributed by atoms with Gasteiger partial charge < -0.3 is 15.5 Å². The van der Waals surface area contributed by atoms with Crippen LogP contribution in [-0.4, -0.2) is 22.1 Å². The second kappa shape index (κ2) is 6.15. The molecule has 0 radical (unpaired) electrons. The predicted molar refractivity (Wildman–Crippen MR) is 82.2 cm³/mol. The Morgan fingerprint density at radius 1 is 1.14 bits per heavy atom. The standard InChI is InChI=1S/C14H9BrClNO4/c15-10-3-1-2-9(14(20)21)12(10)17-13(19)8-5-4-7(16)6-11(8)18/h1-6,18H,(H,17,19)(H,20,21). The molecule has 0 aliphatic heterocycles. The highest BCUT2D eigenvalue weighted by Crippen LogP contribution is 2.29. The highest BCUT2D eigenvalue weighted by Gasteiger charge is 2.18. The van der Waals surface area contributed by atoms with Gasteiger partial charge in [-0.25, -0.2) is 4.79 Å². The Morgan fingerprint density at radius 2 is 1.86 bits per heavy atom. The summed E-state index contributed by atoms with van der Waals surface area (Å²) in [5.41, 5.74) is 0.0435. The Kier molecular flexibility index (Phi) is 4.50. The highest BCUT2D eigenvalue weighted by atomic mass is 79.9. The van der Waals surface area contributed by atoms with E-state index in [4.69, 9.17) is 16.7 Å². The number of hydrogen-bond acceptors (Lipinski definition) is 3. The van der Waals surface area contributed by atoms with Crippen molar-refractivity contribution in [3.8, 4) is 5.75 Å². The minimum Gasteiger partial charge on any atom is -0.507 e. The molecule has 21 heavy (non-hydrogen) atoms. The number of carboxylic acid groups (broad SMARTS) is 1. The van der Waals surface area contributed by atoms with Crippen LogP contribution in [0.2, 0.25) is 5.02 Å². The van der Waals surface area contributed by atoms with Crippen molar-refractivity contribution in [2.24, 2.45) is 0 Å². The second-order valence-electron chi connectivity index (χ2n) is 4.08. The summed E-state index contributed by atoms with van der Waals surface area (Å²) < 4.78 is 0.421. The molecule has 0 saturated heterocycles. The third kappa shape index (κ3) is 3.34. The molecule has 0 fully saturated rings. The largest absolute Gasteiger partial charge is 0.507 e. The van der Waals surface area contributed by atoms with Gasteiger partial charge in [0.15, 0.2) is 0 Å². The quantitative estimate of drug-likeness (QED) is 0.768. The van der Waals surface area contributed by atoms with Crippen molar-refractivity contribution >= 4 is 45.1 Å². The minimum atomic E-state index is -1.17. The SMILES string of the molecule is O=C(Nc1c(Br)cccc1C(=O)O)c1ccc(Cl)cc1O. The van der Waals surface area contributed by atoms with Gasteiger partial charge in [0.1, 0.15) is 5.75 Å². The first-order chi connectivity index (χ1) is 9.90. The molecule has 0 spiro atoms. The van der Waals surface area contributed by atoms with Crippen LogP contribution in [0.5, 0.6) is 5.75 Å². The van der Waals surface area contributed by atoms with Crippen molar-refractivity contribution in [1.29, 1.82) is 0 Å². The zero-order valence-electron chi connectivity index (χ0n) is 10.4. The molecular weight excluding hydrogens is 362 g/mol. The van der Waals surface area contributed by atoms with E-state index in [1.54, 1.807) is 12.1 Å². The lowest BCUT2D eigenvalue weighted by Crippen LogP contribution is -2.15. The summed E-state index contributed by atoms with van der Waals surface area (Å²) in [4.78, 5) is 23.3. The Bertz CT molecular complexity index is 733. The van der Waals surface area contributed by atoms with Crippen LogP contribution in [0, 0.1) is 0 Å². The zero-order chi connectivity index (χ0) is 15.6. The maximum atomic E-state index is 12.1. The Morgan fingerprint density at radius 3 is 2.48 bits per heavy atom. The van der Waals surface area contributed by atoms with Gasteiger partial charge in [-0.1, -0.05) is 17.7 Å². The molecule has 0 heterocycles. The van der Waals surface area contributed by atoms with Gasteiger partial charge in [0, 0.05) is 9.50 Å². The number of benzene rings is 2. The van der Waals surface area contributed by atoms with Crippen molar-refractivity contribution in [3.63, 3.8) is 0 Å². The van der Waals surface area contributed by atoms with E-state index in [2.05, 4.69) is 21.2 Å². The molecular formula is C14H9BrClNO4. The lowest BCUT2D eigenvalue weighted by molar-refractivity contribution is 0.0698. The van der Waals surface area contributed by atoms with Gasteiger partial charge in [0.2, 0.25) is 0 Å². The van der Waals surface area contributed by atoms with Crippen LogP contribution in [0.15, 0.2) is 40.9 Å². The number of anilines is 1. The smallest absolute Gasteiger partial charge is 0.337 e. The number of hydrogen-bond donors (Lipinski definition) is 3. The van der Waals surface area contributed by atoms with Crippen molar-refractivity contribution < 1.29 is 19.8 Å². The summed E-state index contributed by atoms with van der Waals surface area (Å²) in [6.45, 7) is 0. The number of aromatic carboxylic acids is 1. The molecule has 2 aromatic rings. The number of halogens is 2. The van der Waals surface area contributed by atoms with E-state index in [1.807, 2.05) is 0 Å². The van der Waals surface area contributed by atoms with E-state index in [-0.39, 0.29) is 27.6 Å². The van der Waals surface area contributed by atoms with Crippen molar-refractivity contribution in [2.75, 3.05) is 5.32 Å². The number of carbonyl (C=O) groups excluding carboxylic acids is 1. The van der Waals surface area contributed by atoms with Crippen LogP contribution >= 0.6 is 27.5 Å². The van der Waals surface area contributed by atoms with Crippen LogP contribution in [0.1, 0.15) is 20.7 Å². The summed E-state index contributed by atoms with van der Waals surface area (Å²) in [5.74, 6) is -2.10. The van der Waals surface area contributed by atoms with Crippen LogP contribution in [-0.2, 0) is 0 Å². The topological polar surface area (TPSA) is 86.6 Å². The molecule has 0 bridgehead atoms. The van der Waals surface area contributed by atoms with E-state index >= 15 is 0 Å². The highest BCUT2D eigenvalue weighted by molar-refractivity contribution is 9.10. The number of carboxylic acids is 1. The van der Waals surface area contributed by atoms with Crippen LogP contribution in [0.4, 0.5) is 5.69 Å². The summed E-state index contributed by atoms with van der Waals surface area (Å²) in [5, 5.41) is 21.6. The minimum absolute atomic E-state index is 0.00788. The Balaban J connectivity index is 2.38. The van der Waals surface area contributed by atoms with E-state index in [1.165, 1.54) is 24.3 Å². The van der Waals surface area contributed by atoms with Gasteiger partial charge in [-0.3, -0.25) is 4.79 Å². The summed E-state index contributed by atoms with van der Waals surface area (Å²) in [6, 6.07) is 8.55. The monoisotopic (exact) mass is 369 g/mol. The lowest BCUT2D eigenvalue weighted by Gasteiger charge is -2.11. The maximum Gasteiger partial charge on any atom is 0.337 e. The van der Waals surface area contributed by atoms with Gasteiger partial charge in [-0.15, -0.1) is 0 Å². The van der Waals surface area contributed by atoms with E-state index in [0.29, 0.717) is 4.47 Å². The second-order valence-corrected chi connectivity index (χ2v) is 5.37. The number of rotatable bonds is 3. The summed E-state index contributed by atoms with van der Waals surface area (Å²) >= 11 is 8.88. The summed E-state index contributed by atoms with van der Waals surface area (Å²) in [6.07, 6.45) is 0. The van der Waals surface area contributed by atoms with Gasteiger partial charge in [0.25, 0.3) is 5.91 Å². The molecule has 0 aromatic heterocycles. The number of amides is 1. The fourth-order valence-corrected chi connectivity index (χ4v) is 2.34. The summed E-state index contributed by atoms with van der Waals surface area (Å²) in [7, 11) is 0. The van der Waals surface area contributed by atoms with Gasteiger partial charge in [-0.2, -0.15) is 0 Å². The molecule has 0 aliphatic carbocycles. The van der Waals surface area contributed by atoms with Crippen LogP contribution in [0.25, 0.3) is 0 Å². The first-order valence-electron chi connectivity index (χ1n) is 5.72. The zero-order valence-corrected chi connectivity index (χ0v) is 12.8. The molecule has 0 unspecified atom stereocenters. The number of nitrogens with one attached hydrogen (secondary N) is 1. The molecule has 1 amide bonds. The number of phenolic OH excluding ortho intramolecular Hbond substituents is 1. The maximum absolute atomic E-state index is 12.1. The Hall–Kier alpha value is -2.05. The number of carbonyl (C=O) groups is 2. The van der Waals surface area contributed by atoms with Crippen LogP contribution in [0.3, 0.4) is 0 Å². The molecule has 0 atom stereocenters. The van der Waals surface area contributed by atoms with Gasteiger partial charge in [0.05, 0.1) is 16.8 Å². The van der Waals surface area contributed by atoms with Gasteiger partial charge in [-0.05, 0) is 46.3 Å². The first-order valence-corrected chi connectivity index (χ1v) is 6.89. The van der Waals surface area contributed by atoms with Crippen molar-refractivity contribution in [3.05, 3.63) is 57.0 Å². The van der Waals surface area contributed by atoms with E-state index in [9.17, 15) is 14.7 Å². The molecule has 7 heteroatoms. The third-order valence-electron chi connectivity index (χ3n) is 2.69. The average molecular weight is 371 g/mol. The van der Waals surface area contributed by atoms with Crippen molar-refractivity contribution in [2.45, 2.75) is 0 Å². The van der Waals surface area contributed by atoms with Crippen LogP contribution < -0.4 is 5.32 Å². The number of aromatic hydroxyl groups is 1. The molecule has 2 rings (SSSR count). The molecule has 5 nitrogen and oxygen atoms in total. The number of phenols is 1. The Labute approximate surface area is 133 Å². The van der Waals surface area contributed by atoms with E-state index in [0.717, 1.165) is 0 Å². The number of para-hydroxylation sites is 1. The normalized spacial score (nSPS) is 10.2. The molecule has 0 aliphatic rings. The average Bonchev–Trinajstić information content (AvgIpc) is 2.40.